The van der Waals surface area contributed by atoms with E-state index in [-0.39, 0.29) is 5.91 Å². The molecule has 27 heavy (non-hydrogen) atoms. The van der Waals surface area contributed by atoms with Gasteiger partial charge in [0.2, 0.25) is 0 Å². The first-order chi connectivity index (χ1) is 13.2. The highest BCUT2D eigenvalue weighted by atomic mass is 16.2. The first-order valence-electron chi connectivity index (χ1n) is 10.1. The number of likely N-dealkylation sites (tertiary alicyclic amines) is 1. The Hall–Kier alpha value is -2.55. The zero-order valence-electron chi connectivity index (χ0n) is 15.8. The summed E-state index contributed by atoms with van der Waals surface area (Å²) in [7, 11) is 0. The molecule has 0 bridgehead atoms. The zero-order chi connectivity index (χ0) is 18.4. The van der Waals surface area contributed by atoms with Gasteiger partial charge in [-0.3, -0.25) is 4.79 Å². The Bertz CT molecular complexity index is 910. The second-order valence-corrected chi connectivity index (χ2v) is 8.13. The number of nitrogens with one attached hydrogen (secondary N) is 1. The van der Waals surface area contributed by atoms with E-state index >= 15 is 0 Å². The quantitative estimate of drug-likeness (QED) is 0.761. The van der Waals surface area contributed by atoms with Crippen LogP contribution < -0.4 is 5.32 Å². The van der Waals surface area contributed by atoms with Crippen LogP contribution in [0.2, 0.25) is 0 Å². The van der Waals surface area contributed by atoms with Gasteiger partial charge in [0, 0.05) is 30.3 Å². The van der Waals surface area contributed by atoms with Crippen molar-refractivity contribution in [2.45, 2.75) is 38.1 Å². The highest BCUT2D eigenvalue weighted by Gasteiger charge is 2.38. The van der Waals surface area contributed by atoms with Gasteiger partial charge in [-0.25, -0.2) is 0 Å². The van der Waals surface area contributed by atoms with E-state index < -0.39 is 0 Å². The van der Waals surface area contributed by atoms with Gasteiger partial charge in [-0.1, -0.05) is 36.4 Å². The molecule has 2 aliphatic heterocycles. The van der Waals surface area contributed by atoms with Crippen LogP contribution >= 0.6 is 0 Å². The fourth-order valence-electron chi connectivity index (χ4n) is 5.07. The van der Waals surface area contributed by atoms with E-state index in [4.69, 9.17) is 0 Å². The van der Waals surface area contributed by atoms with E-state index in [1.165, 1.54) is 22.4 Å². The van der Waals surface area contributed by atoms with Crippen molar-refractivity contribution in [3.63, 3.8) is 0 Å². The molecule has 2 aromatic rings. The highest BCUT2D eigenvalue weighted by Crippen LogP contribution is 2.50. The van der Waals surface area contributed by atoms with Crippen molar-refractivity contribution in [1.29, 1.82) is 0 Å². The van der Waals surface area contributed by atoms with Crippen molar-refractivity contribution >= 4 is 11.6 Å². The number of anilines is 1. The summed E-state index contributed by atoms with van der Waals surface area (Å²) in [5, 5.41) is 3.80. The second-order valence-electron chi connectivity index (χ2n) is 8.13. The van der Waals surface area contributed by atoms with Crippen LogP contribution in [-0.2, 0) is 0 Å². The van der Waals surface area contributed by atoms with Crippen LogP contribution in [0.15, 0.2) is 54.6 Å². The molecule has 2 aromatic carbocycles. The molecule has 1 saturated heterocycles. The number of benzene rings is 2. The van der Waals surface area contributed by atoms with Gasteiger partial charge in [0.05, 0.1) is 6.04 Å². The van der Waals surface area contributed by atoms with Crippen molar-refractivity contribution < 1.29 is 4.79 Å². The van der Waals surface area contributed by atoms with Crippen molar-refractivity contribution in [3.8, 4) is 0 Å². The minimum Gasteiger partial charge on any atom is -0.378 e. The SMILES string of the molecule is Cc1ccccc1C1Nc2ccc(C(=O)N3CCCC3)cc2C2C=CCC21. The van der Waals surface area contributed by atoms with Crippen LogP contribution in [0.5, 0.6) is 0 Å². The molecule has 3 unspecified atom stereocenters. The van der Waals surface area contributed by atoms with Gasteiger partial charge in [-0.05, 0) is 67.0 Å². The smallest absolute Gasteiger partial charge is 0.253 e. The van der Waals surface area contributed by atoms with E-state index in [0.29, 0.717) is 17.9 Å². The highest BCUT2D eigenvalue weighted by molar-refractivity contribution is 5.95. The Morgan fingerprint density at radius 1 is 1.07 bits per heavy atom. The summed E-state index contributed by atoms with van der Waals surface area (Å²) in [5.41, 5.74) is 6.02. The van der Waals surface area contributed by atoms with Gasteiger partial charge in [0.1, 0.15) is 0 Å². The summed E-state index contributed by atoms with van der Waals surface area (Å²) in [6.07, 6.45) is 8.00. The molecule has 3 heteroatoms. The fraction of sp³-hybridized carbons (Fsp3) is 0.375. The average molecular weight is 358 g/mol. The van der Waals surface area contributed by atoms with Gasteiger partial charge in [0.15, 0.2) is 0 Å². The van der Waals surface area contributed by atoms with Gasteiger partial charge in [0.25, 0.3) is 5.91 Å². The maximum atomic E-state index is 12.8. The van der Waals surface area contributed by atoms with Gasteiger partial charge in [-0.2, -0.15) is 0 Å². The molecule has 3 aliphatic rings. The molecule has 2 heterocycles. The standard InChI is InChI=1S/C24H26N2O/c1-16-7-2-3-8-18(16)23-20-10-6-9-19(20)21-15-17(11-12-22(21)25-23)24(27)26-13-4-5-14-26/h2-3,6-9,11-12,15,19-20,23,25H,4-5,10,13-14H2,1H3. The third-order valence-electron chi connectivity index (χ3n) is 6.53. The summed E-state index contributed by atoms with van der Waals surface area (Å²) in [6.45, 7) is 3.99. The fourth-order valence-corrected chi connectivity index (χ4v) is 5.07. The van der Waals surface area contributed by atoms with Crippen molar-refractivity contribution in [3.05, 3.63) is 76.9 Å². The maximum Gasteiger partial charge on any atom is 0.253 e. The maximum absolute atomic E-state index is 12.8. The summed E-state index contributed by atoms with van der Waals surface area (Å²) >= 11 is 0. The molecular formula is C24H26N2O. The molecule has 1 amide bonds. The van der Waals surface area contributed by atoms with E-state index in [0.717, 1.165) is 37.9 Å². The molecule has 1 N–H and O–H groups in total. The molecule has 0 radical (unpaired) electrons. The van der Waals surface area contributed by atoms with Crippen LogP contribution in [-0.4, -0.2) is 23.9 Å². The molecular weight excluding hydrogens is 332 g/mol. The van der Waals surface area contributed by atoms with Crippen molar-refractivity contribution in [1.82, 2.24) is 4.90 Å². The first-order valence-corrected chi connectivity index (χ1v) is 10.1. The summed E-state index contributed by atoms with van der Waals surface area (Å²) in [5.74, 6) is 1.09. The molecule has 0 aromatic heterocycles. The molecule has 0 saturated carbocycles. The number of rotatable bonds is 2. The van der Waals surface area contributed by atoms with Crippen molar-refractivity contribution in [2.75, 3.05) is 18.4 Å². The first kappa shape index (κ1) is 16.6. The van der Waals surface area contributed by atoms with E-state index in [2.05, 4.69) is 60.8 Å². The van der Waals surface area contributed by atoms with Gasteiger partial charge < -0.3 is 10.2 Å². The Kier molecular flexibility index (Phi) is 4.04. The van der Waals surface area contributed by atoms with E-state index in [1.807, 2.05) is 11.0 Å². The minimum atomic E-state index is 0.190. The number of fused-ring (bicyclic) bond motifs is 3. The van der Waals surface area contributed by atoms with Crippen LogP contribution in [0.4, 0.5) is 5.69 Å². The van der Waals surface area contributed by atoms with Crippen LogP contribution in [0.25, 0.3) is 0 Å². The van der Waals surface area contributed by atoms with E-state index in [9.17, 15) is 4.79 Å². The average Bonchev–Trinajstić information content (AvgIpc) is 3.39. The lowest BCUT2D eigenvalue weighted by Gasteiger charge is -2.38. The summed E-state index contributed by atoms with van der Waals surface area (Å²) in [6, 6.07) is 15.3. The molecule has 3 nitrogen and oxygen atoms in total. The summed E-state index contributed by atoms with van der Waals surface area (Å²) < 4.78 is 0. The number of allylic oxidation sites excluding steroid dienone is 2. The Labute approximate surface area is 161 Å². The lowest BCUT2D eigenvalue weighted by Crippen LogP contribution is -2.31. The zero-order valence-corrected chi connectivity index (χ0v) is 15.8. The number of carbonyl (C=O) groups excluding carboxylic acids is 1. The predicted molar refractivity (Wildman–Crippen MR) is 109 cm³/mol. The van der Waals surface area contributed by atoms with Crippen molar-refractivity contribution in [2.24, 2.45) is 5.92 Å². The number of carbonyl (C=O) groups is 1. The summed E-state index contributed by atoms with van der Waals surface area (Å²) in [4.78, 5) is 14.8. The largest absolute Gasteiger partial charge is 0.378 e. The minimum absolute atomic E-state index is 0.190. The lowest BCUT2D eigenvalue weighted by molar-refractivity contribution is 0.0792. The lowest BCUT2D eigenvalue weighted by atomic mass is 9.76. The van der Waals surface area contributed by atoms with Crippen LogP contribution in [0.3, 0.4) is 0 Å². The van der Waals surface area contributed by atoms with Gasteiger partial charge in [-0.15, -0.1) is 0 Å². The monoisotopic (exact) mass is 358 g/mol. The Balaban J connectivity index is 1.51. The van der Waals surface area contributed by atoms with Gasteiger partial charge >= 0.3 is 0 Å². The number of aryl methyl sites for hydroxylation is 1. The molecule has 1 aliphatic carbocycles. The molecule has 1 fully saturated rings. The molecule has 0 spiro atoms. The third kappa shape index (κ3) is 2.77. The third-order valence-corrected chi connectivity index (χ3v) is 6.53. The normalized spacial score (nSPS) is 25.8. The molecule has 138 valence electrons. The second kappa shape index (κ2) is 6.56. The Morgan fingerprint density at radius 3 is 2.70 bits per heavy atom. The number of amides is 1. The molecule has 5 rings (SSSR count). The molecule has 3 atom stereocenters. The number of hydrogen-bond acceptors (Lipinski definition) is 2. The number of nitrogens with zero attached hydrogens (tertiary/aromatic N) is 1. The van der Waals surface area contributed by atoms with Crippen LogP contribution in [0.1, 0.15) is 58.3 Å². The predicted octanol–water partition coefficient (Wildman–Crippen LogP) is 5.06. The Morgan fingerprint density at radius 2 is 1.89 bits per heavy atom. The number of hydrogen-bond donors (Lipinski definition) is 1. The van der Waals surface area contributed by atoms with Crippen LogP contribution in [0, 0.1) is 12.8 Å². The topological polar surface area (TPSA) is 32.3 Å². The van der Waals surface area contributed by atoms with E-state index in [1.54, 1.807) is 0 Å².